The second-order valence-electron chi connectivity index (χ2n) is 6.66. The molecule has 0 saturated carbocycles. The molecule has 4 nitrogen and oxygen atoms in total. The molecule has 0 radical (unpaired) electrons. The lowest BCUT2D eigenvalue weighted by Crippen LogP contribution is -2.13. The van der Waals surface area contributed by atoms with Crippen molar-refractivity contribution in [3.63, 3.8) is 0 Å². The van der Waals surface area contributed by atoms with E-state index in [9.17, 15) is 9.18 Å². The third-order valence-electron chi connectivity index (χ3n) is 4.43. The Bertz CT molecular complexity index is 1130. The second-order valence-corrected chi connectivity index (χ2v) is 7.77. The zero-order valence-corrected chi connectivity index (χ0v) is 16.9. The molecule has 0 aliphatic carbocycles. The normalized spacial score (nSPS) is 10.6. The highest BCUT2D eigenvalue weighted by molar-refractivity contribution is 7.15. The standard InChI is InChI=1S/C24H19FN2O2S/c25-19-12-10-17(11-13-19)14-20-15-26-24(30-20)27-23(28)21-8-4-5-9-22(21)29-16-18-6-2-1-3-7-18/h1-13,15H,14,16H2,(H,26,27,28). The Kier molecular flexibility index (Phi) is 6.15. The number of anilines is 1. The fraction of sp³-hybridized carbons (Fsp3) is 0.0833. The maximum atomic E-state index is 13.1. The Morgan fingerprint density at radius 1 is 0.933 bits per heavy atom. The molecule has 30 heavy (non-hydrogen) atoms. The monoisotopic (exact) mass is 418 g/mol. The summed E-state index contributed by atoms with van der Waals surface area (Å²) >= 11 is 1.39. The van der Waals surface area contributed by atoms with Crippen LogP contribution in [0.1, 0.15) is 26.4 Å². The predicted molar refractivity (Wildman–Crippen MR) is 116 cm³/mol. The van der Waals surface area contributed by atoms with Crippen molar-refractivity contribution in [2.75, 3.05) is 5.32 Å². The summed E-state index contributed by atoms with van der Waals surface area (Å²) in [6, 6.07) is 23.3. The summed E-state index contributed by atoms with van der Waals surface area (Å²) in [5.41, 5.74) is 2.46. The van der Waals surface area contributed by atoms with Crippen LogP contribution in [0.3, 0.4) is 0 Å². The van der Waals surface area contributed by atoms with Gasteiger partial charge in [-0.15, -0.1) is 11.3 Å². The number of benzene rings is 3. The summed E-state index contributed by atoms with van der Waals surface area (Å²) in [4.78, 5) is 18.1. The molecule has 0 fully saturated rings. The third kappa shape index (κ3) is 5.10. The molecule has 1 aromatic heterocycles. The van der Waals surface area contributed by atoms with Gasteiger partial charge in [0, 0.05) is 17.5 Å². The van der Waals surface area contributed by atoms with Crippen molar-refractivity contribution in [1.29, 1.82) is 0 Å². The molecule has 0 saturated heterocycles. The molecule has 1 heterocycles. The summed E-state index contributed by atoms with van der Waals surface area (Å²) in [7, 11) is 0. The number of hydrogen-bond donors (Lipinski definition) is 1. The summed E-state index contributed by atoms with van der Waals surface area (Å²) in [5, 5.41) is 3.35. The SMILES string of the molecule is O=C(Nc1ncc(Cc2ccc(F)cc2)s1)c1ccccc1OCc1ccccc1. The smallest absolute Gasteiger partial charge is 0.261 e. The second kappa shape index (κ2) is 9.33. The largest absolute Gasteiger partial charge is 0.488 e. The lowest BCUT2D eigenvalue weighted by molar-refractivity contribution is 0.102. The van der Waals surface area contributed by atoms with Gasteiger partial charge in [-0.1, -0.05) is 54.6 Å². The minimum absolute atomic E-state index is 0.260. The van der Waals surface area contributed by atoms with Crippen molar-refractivity contribution in [3.8, 4) is 5.75 Å². The minimum atomic E-state index is -0.277. The van der Waals surface area contributed by atoms with Crippen molar-refractivity contribution in [2.45, 2.75) is 13.0 Å². The number of carbonyl (C=O) groups excluding carboxylic acids is 1. The molecule has 0 aliphatic rings. The van der Waals surface area contributed by atoms with Gasteiger partial charge in [0.2, 0.25) is 0 Å². The van der Waals surface area contributed by atoms with Gasteiger partial charge in [-0.05, 0) is 35.4 Å². The van der Waals surface area contributed by atoms with E-state index in [1.165, 1.54) is 23.5 Å². The average molecular weight is 418 g/mol. The highest BCUT2D eigenvalue weighted by Crippen LogP contribution is 2.24. The van der Waals surface area contributed by atoms with Crippen LogP contribution in [0.4, 0.5) is 9.52 Å². The first-order chi connectivity index (χ1) is 14.7. The molecule has 4 aromatic rings. The molecule has 0 bridgehead atoms. The number of hydrogen-bond acceptors (Lipinski definition) is 4. The number of amides is 1. The molecule has 4 rings (SSSR count). The Morgan fingerprint density at radius 2 is 1.67 bits per heavy atom. The Labute approximate surface area is 178 Å². The molecule has 0 aliphatic heterocycles. The highest BCUT2D eigenvalue weighted by Gasteiger charge is 2.14. The van der Waals surface area contributed by atoms with Gasteiger partial charge in [0.1, 0.15) is 18.2 Å². The number of aromatic nitrogens is 1. The summed E-state index contributed by atoms with van der Waals surface area (Å²) in [6.45, 7) is 0.379. The van der Waals surface area contributed by atoms with Gasteiger partial charge >= 0.3 is 0 Å². The summed E-state index contributed by atoms with van der Waals surface area (Å²) in [6.07, 6.45) is 2.35. The van der Waals surface area contributed by atoms with Gasteiger partial charge in [0.25, 0.3) is 5.91 Å². The first kappa shape index (κ1) is 19.8. The van der Waals surface area contributed by atoms with E-state index in [1.807, 2.05) is 36.4 Å². The highest BCUT2D eigenvalue weighted by atomic mass is 32.1. The van der Waals surface area contributed by atoms with E-state index in [-0.39, 0.29) is 11.7 Å². The predicted octanol–water partition coefficient (Wildman–Crippen LogP) is 5.70. The van der Waals surface area contributed by atoms with Crippen LogP contribution in [-0.2, 0) is 13.0 Å². The first-order valence-electron chi connectivity index (χ1n) is 9.43. The minimum Gasteiger partial charge on any atom is -0.488 e. The fourth-order valence-corrected chi connectivity index (χ4v) is 3.77. The van der Waals surface area contributed by atoms with Gasteiger partial charge in [-0.2, -0.15) is 0 Å². The molecule has 0 spiro atoms. The summed E-state index contributed by atoms with van der Waals surface area (Å²) < 4.78 is 18.9. The maximum absolute atomic E-state index is 13.1. The Balaban J connectivity index is 1.41. The molecular formula is C24H19FN2O2S. The van der Waals surface area contributed by atoms with E-state index in [0.29, 0.717) is 29.5 Å². The van der Waals surface area contributed by atoms with Crippen molar-refractivity contribution in [1.82, 2.24) is 4.98 Å². The van der Waals surface area contributed by atoms with E-state index < -0.39 is 0 Å². The number of halogens is 1. The fourth-order valence-electron chi connectivity index (χ4n) is 2.93. The maximum Gasteiger partial charge on any atom is 0.261 e. The zero-order valence-electron chi connectivity index (χ0n) is 16.0. The topological polar surface area (TPSA) is 51.2 Å². The molecule has 1 N–H and O–H groups in total. The van der Waals surface area contributed by atoms with Crippen LogP contribution in [-0.4, -0.2) is 10.9 Å². The van der Waals surface area contributed by atoms with Gasteiger partial charge in [0.05, 0.1) is 5.56 Å². The Morgan fingerprint density at radius 3 is 2.47 bits per heavy atom. The van der Waals surface area contributed by atoms with Crippen LogP contribution in [0.5, 0.6) is 5.75 Å². The van der Waals surface area contributed by atoms with E-state index in [2.05, 4.69) is 10.3 Å². The number of rotatable bonds is 7. The quantitative estimate of drug-likeness (QED) is 0.419. The van der Waals surface area contributed by atoms with Gasteiger partial charge in [-0.3, -0.25) is 10.1 Å². The Hall–Kier alpha value is -3.51. The van der Waals surface area contributed by atoms with E-state index in [0.717, 1.165) is 16.0 Å². The van der Waals surface area contributed by atoms with Crippen LogP contribution in [0.15, 0.2) is 85.1 Å². The lowest BCUT2D eigenvalue weighted by Gasteiger charge is -2.11. The zero-order chi connectivity index (χ0) is 20.8. The number of thiazole rings is 1. The molecular weight excluding hydrogens is 399 g/mol. The van der Waals surface area contributed by atoms with E-state index in [4.69, 9.17) is 4.74 Å². The molecule has 150 valence electrons. The van der Waals surface area contributed by atoms with Crippen LogP contribution >= 0.6 is 11.3 Å². The average Bonchev–Trinajstić information content (AvgIpc) is 3.21. The van der Waals surface area contributed by atoms with Crippen LogP contribution in [0.2, 0.25) is 0 Å². The number of nitrogens with one attached hydrogen (secondary N) is 1. The van der Waals surface area contributed by atoms with Crippen LogP contribution in [0, 0.1) is 5.82 Å². The van der Waals surface area contributed by atoms with E-state index in [1.54, 1.807) is 36.5 Å². The summed E-state index contributed by atoms with van der Waals surface area (Å²) in [5.74, 6) is -0.0209. The van der Waals surface area contributed by atoms with Gasteiger partial charge in [0.15, 0.2) is 5.13 Å². The molecule has 0 atom stereocenters. The van der Waals surface area contributed by atoms with Crippen molar-refractivity contribution < 1.29 is 13.9 Å². The number of para-hydroxylation sites is 1. The number of carbonyl (C=O) groups is 1. The van der Waals surface area contributed by atoms with Crippen molar-refractivity contribution >= 4 is 22.4 Å². The first-order valence-corrected chi connectivity index (χ1v) is 10.3. The lowest BCUT2D eigenvalue weighted by atomic mass is 10.1. The third-order valence-corrected chi connectivity index (χ3v) is 5.35. The molecule has 3 aromatic carbocycles. The molecule has 0 unspecified atom stereocenters. The number of ether oxygens (including phenoxy) is 1. The van der Waals surface area contributed by atoms with Crippen LogP contribution < -0.4 is 10.1 Å². The van der Waals surface area contributed by atoms with E-state index >= 15 is 0 Å². The van der Waals surface area contributed by atoms with Crippen LogP contribution in [0.25, 0.3) is 0 Å². The molecule has 1 amide bonds. The van der Waals surface area contributed by atoms with Crippen molar-refractivity contribution in [2.24, 2.45) is 0 Å². The van der Waals surface area contributed by atoms with Gasteiger partial charge in [-0.25, -0.2) is 9.37 Å². The van der Waals surface area contributed by atoms with Gasteiger partial charge < -0.3 is 4.74 Å². The number of nitrogens with zero attached hydrogens (tertiary/aromatic N) is 1. The molecule has 6 heteroatoms. The van der Waals surface area contributed by atoms with Crippen molar-refractivity contribution in [3.05, 3.63) is 112 Å².